The molecule has 0 aromatic heterocycles. The quantitative estimate of drug-likeness (QED) is 0.670. The molecule has 0 aromatic rings. The van der Waals surface area contributed by atoms with E-state index in [2.05, 4.69) is 5.32 Å². The minimum atomic E-state index is -0.836. The Kier molecular flexibility index (Phi) is 8.95. The first-order valence-corrected chi connectivity index (χ1v) is 6.66. The van der Waals surface area contributed by atoms with Gasteiger partial charge in [0.25, 0.3) is 0 Å². The van der Waals surface area contributed by atoms with Gasteiger partial charge in [-0.15, -0.1) is 0 Å². The van der Waals surface area contributed by atoms with E-state index in [1.807, 2.05) is 20.8 Å². The summed E-state index contributed by atoms with van der Waals surface area (Å²) in [4.78, 5) is 24.2. The zero-order valence-electron chi connectivity index (χ0n) is 12.3. The Morgan fingerprint density at radius 1 is 1.32 bits per heavy atom. The summed E-state index contributed by atoms with van der Waals surface area (Å²) in [6.07, 6.45) is 1.30. The van der Waals surface area contributed by atoms with Gasteiger partial charge in [-0.25, -0.2) is 4.79 Å². The molecule has 1 atom stereocenters. The Bertz CT molecular complexity index is 282. The van der Waals surface area contributed by atoms with Crippen molar-refractivity contribution in [1.29, 1.82) is 0 Å². The predicted molar refractivity (Wildman–Crippen MR) is 73.2 cm³/mol. The largest absolute Gasteiger partial charge is 0.481 e. The number of carboxylic acids is 1. The van der Waals surface area contributed by atoms with E-state index < -0.39 is 5.97 Å². The summed E-state index contributed by atoms with van der Waals surface area (Å²) in [5, 5.41) is 11.5. The molecule has 2 N–H and O–H groups in total. The van der Waals surface area contributed by atoms with Crippen molar-refractivity contribution in [1.82, 2.24) is 10.2 Å². The van der Waals surface area contributed by atoms with Gasteiger partial charge in [0.2, 0.25) is 0 Å². The van der Waals surface area contributed by atoms with Gasteiger partial charge in [-0.1, -0.05) is 0 Å². The van der Waals surface area contributed by atoms with Crippen LogP contribution in [0.4, 0.5) is 4.79 Å². The number of hydrogen-bond donors (Lipinski definition) is 2. The number of nitrogens with one attached hydrogen (secondary N) is 1. The predicted octanol–water partition coefficient (Wildman–Crippen LogP) is 1.70. The number of urea groups is 1. The zero-order valence-corrected chi connectivity index (χ0v) is 12.3. The lowest BCUT2D eigenvalue weighted by Gasteiger charge is -2.28. The van der Waals surface area contributed by atoms with E-state index in [4.69, 9.17) is 9.84 Å². The molecular formula is C13H26N2O4. The zero-order chi connectivity index (χ0) is 14.8. The summed E-state index contributed by atoms with van der Waals surface area (Å²) < 4.78 is 4.96. The number of carboxylic acid groups (broad SMARTS) is 1. The Balaban J connectivity index is 4.21. The van der Waals surface area contributed by atoms with Crippen molar-refractivity contribution in [3.63, 3.8) is 0 Å². The van der Waals surface area contributed by atoms with Crippen LogP contribution < -0.4 is 5.32 Å². The molecule has 0 bridgehead atoms. The van der Waals surface area contributed by atoms with Crippen LogP contribution >= 0.6 is 0 Å². The lowest BCUT2D eigenvalue weighted by molar-refractivity contribution is -0.137. The number of nitrogens with zero attached hydrogens (tertiary/aromatic N) is 1. The summed E-state index contributed by atoms with van der Waals surface area (Å²) in [5.74, 6) is -0.836. The third-order valence-electron chi connectivity index (χ3n) is 2.80. The number of ether oxygens (including phenoxy) is 1. The monoisotopic (exact) mass is 274 g/mol. The van der Waals surface area contributed by atoms with Gasteiger partial charge in [0.15, 0.2) is 0 Å². The topological polar surface area (TPSA) is 78.9 Å². The maximum absolute atomic E-state index is 12.1. The van der Waals surface area contributed by atoms with E-state index in [1.54, 1.807) is 12.0 Å². The Hall–Kier alpha value is -1.30. The molecule has 2 amide bonds. The fourth-order valence-electron chi connectivity index (χ4n) is 1.66. The van der Waals surface area contributed by atoms with Crippen molar-refractivity contribution in [3.05, 3.63) is 0 Å². The number of rotatable bonds is 9. The van der Waals surface area contributed by atoms with Crippen molar-refractivity contribution in [2.45, 2.75) is 52.1 Å². The van der Waals surface area contributed by atoms with E-state index in [-0.39, 0.29) is 24.5 Å². The van der Waals surface area contributed by atoms with Crippen molar-refractivity contribution < 1.29 is 19.4 Å². The molecule has 0 aliphatic heterocycles. The van der Waals surface area contributed by atoms with E-state index in [9.17, 15) is 9.59 Å². The third kappa shape index (κ3) is 8.42. The second-order valence-corrected chi connectivity index (χ2v) is 4.92. The SMILES string of the molecule is COCCC(C)NC(=O)N(CCCC(=O)O)C(C)C. The lowest BCUT2D eigenvalue weighted by atomic mass is 10.2. The second-order valence-electron chi connectivity index (χ2n) is 4.92. The smallest absolute Gasteiger partial charge is 0.317 e. The second kappa shape index (κ2) is 9.61. The number of carbonyl (C=O) groups excluding carboxylic acids is 1. The van der Waals surface area contributed by atoms with Gasteiger partial charge in [-0.3, -0.25) is 4.79 Å². The maximum Gasteiger partial charge on any atom is 0.317 e. The molecule has 112 valence electrons. The van der Waals surface area contributed by atoms with Crippen LogP contribution in [0.1, 0.15) is 40.0 Å². The van der Waals surface area contributed by atoms with Crippen LogP contribution in [-0.2, 0) is 9.53 Å². The van der Waals surface area contributed by atoms with E-state index in [1.165, 1.54) is 0 Å². The molecule has 0 aliphatic carbocycles. The first kappa shape index (κ1) is 17.7. The van der Waals surface area contributed by atoms with E-state index in [0.717, 1.165) is 6.42 Å². The van der Waals surface area contributed by atoms with Crippen LogP contribution in [0.3, 0.4) is 0 Å². The van der Waals surface area contributed by atoms with Crippen LogP contribution in [0.2, 0.25) is 0 Å². The first-order chi connectivity index (χ1) is 8.88. The van der Waals surface area contributed by atoms with Gasteiger partial charge in [0.1, 0.15) is 0 Å². The highest BCUT2D eigenvalue weighted by Gasteiger charge is 2.18. The van der Waals surface area contributed by atoms with Crippen LogP contribution in [0.15, 0.2) is 0 Å². The molecule has 0 heterocycles. The molecule has 0 spiro atoms. The fourth-order valence-corrected chi connectivity index (χ4v) is 1.66. The fraction of sp³-hybridized carbons (Fsp3) is 0.846. The Labute approximate surface area is 115 Å². The standard InChI is InChI=1S/C13H26N2O4/c1-10(2)15(8-5-6-12(16)17)13(18)14-11(3)7-9-19-4/h10-11H,5-9H2,1-4H3,(H,14,18)(H,16,17). The number of carbonyl (C=O) groups is 2. The maximum atomic E-state index is 12.1. The molecule has 0 aromatic carbocycles. The molecule has 6 nitrogen and oxygen atoms in total. The average molecular weight is 274 g/mol. The van der Waals surface area contributed by atoms with Gasteiger partial charge >= 0.3 is 12.0 Å². The van der Waals surface area contributed by atoms with Crippen LogP contribution in [0.5, 0.6) is 0 Å². The van der Waals surface area contributed by atoms with E-state index in [0.29, 0.717) is 19.6 Å². The van der Waals surface area contributed by atoms with E-state index >= 15 is 0 Å². The Morgan fingerprint density at radius 2 is 1.95 bits per heavy atom. The molecule has 0 saturated heterocycles. The lowest BCUT2D eigenvalue weighted by Crippen LogP contribution is -2.47. The molecule has 0 fully saturated rings. The van der Waals surface area contributed by atoms with Gasteiger partial charge in [-0.05, 0) is 33.6 Å². The average Bonchev–Trinajstić information content (AvgIpc) is 2.30. The Morgan fingerprint density at radius 3 is 2.42 bits per heavy atom. The number of hydrogen-bond acceptors (Lipinski definition) is 3. The highest BCUT2D eigenvalue weighted by Crippen LogP contribution is 2.04. The number of amides is 2. The minimum absolute atomic E-state index is 0.0353. The molecule has 6 heteroatoms. The first-order valence-electron chi connectivity index (χ1n) is 6.66. The number of methoxy groups -OCH3 is 1. The van der Waals surface area contributed by atoms with Crippen LogP contribution in [-0.4, -0.2) is 54.4 Å². The third-order valence-corrected chi connectivity index (χ3v) is 2.80. The van der Waals surface area contributed by atoms with Crippen molar-refractivity contribution in [2.75, 3.05) is 20.3 Å². The number of aliphatic carboxylic acids is 1. The molecule has 1 unspecified atom stereocenters. The van der Waals surface area contributed by atoms with Crippen molar-refractivity contribution in [3.8, 4) is 0 Å². The molecular weight excluding hydrogens is 248 g/mol. The molecule has 19 heavy (non-hydrogen) atoms. The summed E-state index contributed by atoms with van der Waals surface area (Å²) in [6.45, 7) is 6.81. The normalized spacial score (nSPS) is 12.3. The van der Waals surface area contributed by atoms with Crippen molar-refractivity contribution in [2.24, 2.45) is 0 Å². The molecule has 0 aliphatic rings. The highest BCUT2D eigenvalue weighted by atomic mass is 16.5. The van der Waals surface area contributed by atoms with Crippen LogP contribution in [0, 0.1) is 0 Å². The highest BCUT2D eigenvalue weighted by molar-refractivity contribution is 5.75. The van der Waals surface area contributed by atoms with Crippen LogP contribution in [0.25, 0.3) is 0 Å². The summed E-state index contributed by atoms with van der Waals surface area (Å²) in [7, 11) is 1.63. The summed E-state index contributed by atoms with van der Waals surface area (Å²) in [6, 6.07) is -0.0689. The van der Waals surface area contributed by atoms with Gasteiger partial charge in [0.05, 0.1) is 0 Å². The van der Waals surface area contributed by atoms with Gasteiger partial charge in [0, 0.05) is 38.8 Å². The van der Waals surface area contributed by atoms with Crippen molar-refractivity contribution >= 4 is 12.0 Å². The molecule has 0 rings (SSSR count). The molecule has 0 saturated carbocycles. The van der Waals surface area contributed by atoms with Gasteiger partial charge in [-0.2, -0.15) is 0 Å². The minimum Gasteiger partial charge on any atom is -0.481 e. The summed E-state index contributed by atoms with van der Waals surface area (Å²) >= 11 is 0. The summed E-state index contributed by atoms with van der Waals surface area (Å²) in [5.41, 5.74) is 0. The molecule has 0 radical (unpaired) electrons. The van der Waals surface area contributed by atoms with Gasteiger partial charge < -0.3 is 20.1 Å².